The van der Waals surface area contributed by atoms with E-state index in [2.05, 4.69) is 5.32 Å². The highest BCUT2D eigenvalue weighted by Crippen LogP contribution is 2.37. The second-order valence-corrected chi connectivity index (χ2v) is 8.36. The van der Waals surface area contributed by atoms with Gasteiger partial charge in [0, 0.05) is 49.4 Å². The molecular formula is C27H25F2NO4. The van der Waals surface area contributed by atoms with Gasteiger partial charge in [-0.05, 0) is 35.7 Å². The summed E-state index contributed by atoms with van der Waals surface area (Å²) in [4.78, 5) is 24.8. The number of halogens is 2. The number of hydrogen-bond acceptors (Lipinski definition) is 4. The molecule has 0 radical (unpaired) electrons. The summed E-state index contributed by atoms with van der Waals surface area (Å²) < 4.78 is 40.1. The Morgan fingerprint density at radius 1 is 0.971 bits per heavy atom. The lowest BCUT2D eigenvalue weighted by atomic mass is 9.77. The SMILES string of the molecule is COc1cc(F)c([C@@H]2CC(=O)NC[C@H]2CC(=O)Cc2ccc(Oc3ccccc3)cc2)c(F)c1. The number of amides is 1. The monoisotopic (exact) mass is 465 g/mol. The topological polar surface area (TPSA) is 64.6 Å². The molecule has 1 aliphatic rings. The number of carbonyl (C=O) groups is 2. The zero-order valence-corrected chi connectivity index (χ0v) is 18.7. The Morgan fingerprint density at radius 3 is 2.26 bits per heavy atom. The Balaban J connectivity index is 1.43. The third-order valence-corrected chi connectivity index (χ3v) is 5.99. The molecule has 1 fully saturated rings. The molecule has 0 aliphatic carbocycles. The highest BCUT2D eigenvalue weighted by Gasteiger charge is 2.35. The van der Waals surface area contributed by atoms with Gasteiger partial charge in [-0.3, -0.25) is 9.59 Å². The highest BCUT2D eigenvalue weighted by molar-refractivity contribution is 5.82. The molecule has 1 saturated heterocycles. The minimum atomic E-state index is -0.775. The van der Waals surface area contributed by atoms with E-state index in [0.717, 1.165) is 23.4 Å². The van der Waals surface area contributed by atoms with Crippen LogP contribution in [0.1, 0.15) is 29.9 Å². The van der Waals surface area contributed by atoms with Gasteiger partial charge in [0.1, 0.15) is 34.7 Å². The molecule has 1 amide bonds. The molecule has 1 N–H and O–H groups in total. The summed E-state index contributed by atoms with van der Waals surface area (Å²) in [7, 11) is 1.32. The number of carbonyl (C=O) groups excluding carboxylic acids is 2. The molecule has 1 aliphatic heterocycles. The number of para-hydroxylation sites is 1. The molecule has 176 valence electrons. The number of rotatable bonds is 8. The maximum absolute atomic E-state index is 14.7. The van der Waals surface area contributed by atoms with E-state index in [1.54, 1.807) is 12.1 Å². The van der Waals surface area contributed by atoms with E-state index in [9.17, 15) is 18.4 Å². The fraction of sp³-hybridized carbons (Fsp3) is 0.259. The third kappa shape index (κ3) is 5.60. The number of Topliss-reactive ketones (excluding diaryl/α,β-unsaturated/α-hetero) is 1. The first-order valence-corrected chi connectivity index (χ1v) is 11.1. The fourth-order valence-electron chi connectivity index (χ4n) is 4.30. The van der Waals surface area contributed by atoms with Crippen LogP contribution in [0.3, 0.4) is 0 Å². The quantitative estimate of drug-likeness (QED) is 0.498. The molecule has 1 heterocycles. The maximum atomic E-state index is 14.7. The van der Waals surface area contributed by atoms with Crippen molar-refractivity contribution in [3.05, 3.63) is 89.5 Å². The summed E-state index contributed by atoms with van der Waals surface area (Å²) in [5.41, 5.74) is 0.638. The molecule has 2 atom stereocenters. The number of nitrogens with one attached hydrogen (secondary N) is 1. The molecule has 0 spiro atoms. The molecule has 7 heteroatoms. The minimum absolute atomic E-state index is 0.0614. The predicted molar refractivity (Wildman–Crippen MR) is 123 cm³/mol. The van der Waals surface area contributed by atoms with Gasteiger partial charge >= 0.3 is 0 Å². The van der Waals surface area contributed by atoms with Crippen LogP contribution in [0, 0.1) is 17.6 Å². The van der Waals surface area contributed by atoms with Crippen molar-refractivity contribution in [2.75, 3.05) is 13.7 Å². The molecular weight excluding hydrogens is 440 g/mol. The van der Waals surface area contributed by atoms with Crippen LogP contribution in [-0.2, 0) is 16.0 Å². The van der Waals surface area contributed by atoms with Gasteiger partial charge in [0.05, 0.1) is 7.11 Å². The molecule has 0 aromatic heterocycles. The Morgan fingerprint density at radius 2 is 1.62 bits per heavy atom. The van der Waals surface area contributed by atoms with E-state index in [1.807, 2.05) is 42.5 Å². The van der Waals surface area contributed by atoms with Crippen LogP contribution in [0.15, 0.2) is 66.7 Å². The second kappa shape index (κ2) is 10.5. The number of ether oxygens (including phenoxy) is 2. The lowest BCUT2D eigenvalue weighted by molar-refractivity contribution is -0.125. The van der Waals surface area contributed by atoms with Gasteiger partial charge in [0.25, 0.3) is 0 Å². The summed E-state index contributed by atoms with van der Waals surface area (Å²) in [6.45, 7) is 0.185. The summed E-state index contributed by atoms with van der Waals surface area (Å²) in [5.74, 6) is -1.63. The van der Waals surface area contributed by atoms with Crippen LogP contribution < -0.4 is 14.8 Å². The van der Waals surface area contributed by atoms with E-state index in [1.165, 1.54) is 7.11 Å². The molecule has 0 bridgehead atoms. The molecule has 3 aromatic carbocycles. The van der Waals surface area contributed by atoms with E-state index < -0.39 is 23.5 Å². The Labute approximate surface area is 196 Å². The van der Waals surface area contributed by atoms with E-state index in [0.29, 0.717) is 5.75 Å². The Bertz CT molecular complexity index is 1140. The van der Waals surface area contributed by atoms with E-state index in [-0.39, 0.29) is 48.8 Å². The summed E-state index contributed by atoms with van der Waals surface area (Å²) in [6.07, 6.45) is 0.193. The summed E-state index contributed by atoms with van der Waals surface area (Å²) in [5, 5.41) is 2.72. The average molecular weight is 465 g/mol. The minimum Gasteiger partial charge on any atom is -0.497 e. The van der Waals surface area contributed by atoms with Gasteiger partial charge in [-0.15, -0.1) is 0 Å². The van der Waals surface area contributed by atoms with Crippen molar-refractivity contribution in [1.82, 2.24) is 5.32 Å². The average Bonchev–Trinajstić information content (AvgIpc) is 2.82. The zero-order valence-electron chi connectivity index (χ0n) is 18.7. The lowest BCUT2D eigenvalue weighted by Crippen LogP contribution is -2.41. The highest BCUT2D eigenvalue weighted by atomic mass is 19.1. The Hall–Kier alpha value is -3.74. The largest absolute Gasteiger partial charge is 0.497 e. The van der Waals surface area contributed by atoms with Crippen molar-refractivity contribution >= 4 is 11.7 Å². The van der Waals surface area contributed by atoms with Crippen LogP contribution in [0.25, 0.3) is 0 Å². The Kier molecular flexibility index (Phi) is 7.21. The third-order valence-electron chi connectivity index (χ3n) is 5.99. The molecule has 4 rings (SSSR count). The molecule has 0 saturated carbocycles. The van der Waals surface area contributed by atoms with Crippen molar-refractivity contribution in [2.24, 2.45) is 5.92 Å². The van der Waals surface area contributed by atoms with Crippen molar-refractivity contribution in [1.29, 1.82) is 0 Å². The van der Waals surface area contributed by atoms with Crippen molar-refractivity contribution in [3.8, 4) is 17.2 Å². The first-order chi connectivity index (χ1) is 16.4. The van der Waals surface area contributed by atoms with Crippen molar-refractivity contribution in [3.63, 3.8) is 0 Å². The van der Waals surface area contributed by atoms with Gasteiger partial charge in [0.2, 0.25) is 5.91 Å². The van der Waals surface area contributed by atoms with Gasteiger partial charge in [-0.25, -0.2) is 8.78 Å². The smallest absolute Gasteiger partial charge is 0.220 e. The van der Waals surface area contributed by atoms with Crippen LogP contribution in [-0.4, -0.2) is 25.3 Å². The molecule has 0 unspecified atom stereocenters. The number of hydrogen-bond donors (Lipinski definition) is 1. The van der Waals surface area contributed by atoms with Crippen molar-refractivity contribution < 1.29 is 27.8 Å². The number of benzene rings is 3. The second-order valence-electron chi connectivity index (χ2n) is 8.36. The fourth-order valence-corrected chi connectivity index (χ4v) is 4.30. The summed E-state index contributed by atoms with van der Waals surface area (Å²) in [6, 6.07) is 18.8. The molecule has 3 aromatic rings. The summed E-state index contributed by atoms with van der Waals surface area (Å²) >= 11 is 0. The first-order valence-electron chi connectivity index (χ1n) is 11.1. The van der Waals surface area contributed by atoms with Crippen LogP contribution in [0.4, 0.5) is 8.78 Å². The van der Waals surface area contributed by atoms with Crippen LogP contribution in [0.5, 0.6) is 17.2 Å². The standard InChI is InChI=1S/C27H25F2NO4/c1-33-22-13-24(28)27(25(29)14-22)23-15-26(32)30-16-18(23)12-19(31)11-17-7-9-21(10-8-17)34-20-5-3-2-4-6-20/h2-10,13-14,18,23H,11-12,15-16H2,1H3,(H,30,32)/t18-,23-/m1/s1. The maximum Gasteiger partial charge on any atom is 0.220 e. The predicted octanol–water partition coefficient (Wildman–Crippen LogP) is 5.19. The van der Waals surface area contributed by atoms with Gasteiger partial charge in [-0.1, -0.05) is 30.3 Å². The first kappa shape index (κ1) is 23.4. The normalized spacial score (nSPS) is 17.7. The van der Waals surface area contributed by atoms with Gasteiger partial charge in [0.15, 0.2) is 0 Å². The van der Waals surface area contributed by atoms with Crippen molar-refractivity contribution in [2.45, 2.75) is 25.2 Å². The number of piperidine rings is 1. The van der Waals surface area contributed by atoms with E-state index in [4.69, 9.17) is 9.47 Å². The molecule has 34 heavy (non-hydrogen) atoms. The van der Waals surface area contributed by atoms with Crippen LogP contribution >= 0.6 is 0 Å². The number of methoxy groups -OCH3 is 1. The number of ketones is 1. The zero-order chi connectivity index (χ0) is 24.1. The molecule has 5 nitrogen and oxygen atoms in total. The van der Waals surface area contributed by atoms with Gasteiger partial charge < -0.3 is 14.8 Å². The lowest BCUT2D eigenvalue weighted by Gasteiger charge is -2.32. The van der Waals surface area contributed by atoms with Crippen LogP contribution in [0.2, 0.25) is 0 Å². The van der Waals surface area contributed by atoms with E-state index >= 15 is 0 Å². The van der Waals surface area contributed by atoms with Gasteiger partial charge in [-0.2, -0.15) is 0 Å².